The van der Waals surface area contributed by atoms with Crippen molar-refractivity contribution in [2.24, 2.45) is 0 Å². The fraction of sp³-hybridized carbons (Fsp3) is 0.235. The SMILES string of the molecule is O=C(NC1Cc2ccc([N+](=O)[O-])cc2C1)OCc1ccccc1. The number of amides is 1. The van der Waals surface area contributed by atoms with Gasteiger partial charge in [0, 0.05) is 18.2 Å². The van der Waals surface area contributed by atoms with Crippen LogP contribution < -0.4 is 5.32 Å². The normalized spacial score (nSPS) is 15.7. The number of rotatable bonds is 4. The van der Waals surface area contributed by atoms with Gasteiger partial charge < -0.3 is 10.1 Å². The van der Waals surface area contributed by atoms with E-state index in [0.717, 1.165) is 16.7 Å². The van der Waals surface area contributed by atoms with Gasteiger partial charge in [-0.25, -0.2) is 4.79 Å². The molecule has 1 N–H and O–H groups in total. The summed E-state index contributed by atoms with van der Waals surface area (Å²) in [5, 5.41) is 13.6. The number of nitro groups is 1. The number of ether oxygens (including phenoxy) is 1. The zero-order chi connectivity index (χ0) is 16.2. The summed E-state index contributed by atoms with van der Waals surface area (Å²) in [6, 6.07) is 14.2. The lowest BCUT2D eigenvalue weighted by Gasteiger charge is -2.12. The van der Waals surface area contributed by atoms with Crippen molar-refractivity contribution in [1.82, 2.24) is 5.32 Å². The third-order valence-electron chi connectivity index (χ3n) is 3.87. The number of non-ortho nitro benzene ring substituents is 1. The van der Waals surface area contributed by atoms with E-state index in [1.165, 1.54) is 6.07 Å². The zero-order valence-electron chi connectivity index (χ0n) is 12.4. The molecule has 0 aromatic heterocycles. The van der Waals surface area contributed by atoms with Gasteiger partial charge in [0.1, 0.15) is 6.61 Å². The van der Waals surface area contributed by atoms with E-state index in [0.29, 0.717) is 12.8 Å². The molecule has 0 spiro atoms. The van der Waals surface area contributed by atoms with Gasteiger partial charge in [-0.2, -0.15) is 0 Å². The van der Waals surface area contributed by atoms with Crippen molar-refractivity contribution in [3.63, 3.8) is 0 Å². The smallest absolute Gasteiger partial charge is 0.407 e. The van der Waals surface area contributed by atoms with Gasteiger partial charge in [0.05, 0.1) is 4.92 Å². The Morgan fingerprint density at radius 1 is 1.17 bits per heavy atom. The Morgan fingerprint density at radius 2 is 1.91 bits per heavy atom. The van der Waals surface area contributed by atoms with Crippen LogP contribution in [0, 0.1) is 10.1 Å². The average Bonchev–Trinajstić information content (AvgIpc) is 2.95. The molecule has 0 heterocycles. The molecule has 23 heavy (non-hydrogen) atoms. The summed E-state index contributed by atoms with van der Waals surface area (Å²) < 4.78 is 5.19. The van der Waals surface area contributed by atoms with E-state index in [1.807, 2.05) is 30.3 Å². The van der Waals surface area contributed by atoms with Crippen LogP contribution in [0.1, 0.15) is 16.7 Å². The number of hydrogen-bond acceptors (Lipinski definition) is 4. The standard InChI is InChI=1S/C17H16N2O4/c20-17(23-11-12-4-2-1-3-5-12)18-15-8-13-6-7-16(19(21)22)10-14(13)9-15/h1-7,10,15H,8-9,11H2,(H,18,20). The van der Waals surface area contributed by atoms with Gasteiger partial charge in [0.25, 0.3) is 5.69 Å². The number of carbonyl (C=O) groups is 1. The Hall–Kier alpha value is -2.89. The summed E-state index contributed by atoms with van der Waals surface area (Å²) in [7, 11) is 0. The number of alkyl carbamates (subject to hydrolysis) is 1. The molecule has 2 aromatic rings. The van der Waals surface area contributed by atoms with E-state index in [-0.39, 0.29) is 18.3 Å². The maximum absolute atomic E-state index is 11.9. The molecule has 0 radical (unpaired) electrons. The average molecular weight is 312 g/mol. The van der Waals surface area contributed by atoms with Gasteiger partial charge >= 0.3 is 6.09 Å². The van der Waals surface area contributed by atoms with E-state index in [2.05, 4.69) is 5.32 Å². The molecule has 0 aliphatic heterocycles. The second-order valence-electron chi connectivity index (χ2n) is 5.52. The zero-order valence-corrected chi connectivity index (χ0v) is 12.4. The number of nitro benzene ring substituents is 1. The Balaban J connectivity index is 1.53. The van der Waals surface area contributed by atoms with Crippen LogP contribution in [0.15, 0.2) is 48.5 Å². The van der Waals surface area contributed by atoms with Crippen LogP contribution in [-0.2, 0) is 24.2 Å². The Kier molecular flexibility index (Phi) is 4.23. The molecular weight excluding hydrogens is 296 g/mol. The molecule has 1 atom stereocenters. The number of nitrogens with one attached hydrogen (secondary N) is 1. The van der Waals surface area contributed by atoms with Gasteiger partial charge in [-0.1, -0.05) is 36.4 Å². The van der Waals surface area contributed by atoms with Crippen LogP contribution in [0.3, 0.4) is 0 Å². The Morgan fingerprint density at radius 3 is 2.65 bits per heavy atom. The molecule has 2 aromatic carbocycles. The van der Waals surface area contributed by atoms with Crippen LogP contribution in [-0.4, -0.2) is 17.1 Å². The topological polar surface area (TPSA) is 81.5 Å². The first-order chi connectivity index (χ1) is 11.1. The Bertz CT molecular complexity index is 731. The quantitative estimate of drug-likeness (QED) is 0.695. The molecule has 1 aliphatic carbocycles. The maximum atomic E-state index is 11.9. The molecule has 6 nitrogen and oxygen atoms in total. The molecule has 1 aliphatic rings. The number of benzene rings is 2. The summed E-state index contributed by atoms with van der Waals surface area (Å²) in [5.74, 6) is 0. The molecule has 1 unspecified atom stereocenters. The molecule has 0 saturated heterocycles. The van der Waals surface area contributed by atoms with E-state index in [4.69, 9.17) is 4.74 Å². The lowest BCUT2D eigenvalue weighted by molar-refractivity contribution is -0.384. The van der Waals surface area contributed by atoms with Crippen molar-refractivity contribution in [3.05, 3.63) is 75.3 Å². The number of fused-ring (bicyclic) bond motifs is 1. The van der Waals surface area contributed by atoms with Crippen LogP contribution in [0.2, 0.25) is 0 Å². The molecule has 3 rings (SSSR count). The van der Waals surface area contributed by atoms with Crippen molar-refractivity contribution in [2.45, 2.75) is 25.5 Å². The van der Waals surface area contributed by atoms with E-state index in [9.17, 15) is 14.9 Å². The van der Waals surface area contributed by atoms with Crippen LogP contribution in [0.25, 0.3) is 0 Å². The fourth-order valence-electron chi connectivity index (χ4n) is 2.75. The van der Waals surface area contributed by atoms with E-state index < -0.39 is 11.0 Å². The summed E-state index contributed by atoms with van der Waals surface area (Å²) in [6.07, 6.45) is 0.770. The summed E-state index contributed by atoms with van der Waals surface area (Å²) in [5.41, 5.74) is 2.94. The molecule has 0 saturated carbocycles. The molecular formula is C17H16N2O4. The number of nitrogens with zero attached hydrogens (tertiary/aromatic N) is 1. The van der Waals surface area contributed by atoms with Crippen molar-refractivity contribution in [3.8, 4) is 0 Å². The fourth-order valence-corrected chi connectivity index (χ4v) is 2.75. The van der Waals surface area contributed by atoms with Gasteiger partial charge in [-0.15, -0.1) is 0 Å². The first kappa shape index (κ1) is 15.0. The van der Waals surface area contributed by atoms with Gasteiger partial charge in [0.2, 0.25) is 0 Å². The van der Waals surface area contributed by atoms with E-state index >= 15 is 0 Å². The molecule has 0 bridgehead atoms. The summed E-state index contributed by atoms with van der Waals surface area (Å²) in [6.45, 7) is 0.220. The predicted octanol–water partition coefficient (Wildman–Crippen LogP) is 2.99. The minimum absolute atomic E-state index is 0.0797. The lowest BCUT2D eigenvalue weighted by Crippen LogP contribution is -2.35. The third kappa shape index (κ3) is 3.66. The highest BCUT2D eigenvalue weighted by atomic mass is 16.6. The van der Waals surface area contributed by atoms with Crippen molar-refractivity contribution in [1.29, 1.82) is 0 Å². The molecule has 0 fully saturated rings. The molecule has 6 heteroatoms. The van der Waals surface area contributed by atoms with Crippen LogP contribution in [0.4, 0.5) is 10.5 Å². The van der Waals surface area contributed by atoms with Crippen LogP contribution >= 0.6 is 0 Å². The second kappa shape index (κ2) is 6.48. The minimum Gasteiger partial charge on any atom is -0.445 e. The maximum Gasteiger partial charge on any atom is 0.407 e. The number of carbonyl (C=O) groups excluding carboxylic acids is 1. The van der Waals surface area contributed by atoms with Crippen LogP contribution in [0.5, 0.6) is 0 Å². The van der Waals surface area contributed by atoms with Crippen molar-refractivity contribution >= 4 is 11.8 Å². The largest absolute Gasteiger partial charge is 0.445 e. The first-order valence-corrected chi connectivity index (χ1v) is 7.35. The minimum atomic E-state index is -0.471. The first-order valence-electron chi connectivity index (χ1n) is 7.35. The third-order valence-corrected chi connectivity index (χ3v) is 3.87. The summed E-state index contributed by atoms with van der Waals surface area (Å²) >= 11 is 0. The molecule has 118 valence electrons. The van der Waals surface area contributed by atoms with E-state index in [1.54, 1.807) is 12.1 Å². The van der Waals surface area contributed by atoms with Gasteiger partial charge in [-0.3, -0.25) is 10.1 Å². The Labute approximate surface area is 133 Å². The van der Waals surface area contributed by atoms with Gasteiger partial charge in [-0.05, 0) is 29.5 Å². The predicted molar refractivity (Wildman–Crippen MR) is 84.1 cm³/mol. The van der Waals surface area contributed by atoms with Gasteiger partial charge in [0.15, 0.2) is 0 Å². The van der Waals surface area contributed by atoms with Crippen molar-refractivity contribution in [2.75, 3.05) is 0 Å². The highest BCUT2D eigenvalue weighted by Crippen LogP contribution is 2.26. The highest BCUT2D eigenvalue weighted by Gasteiger charge is 2.25. The highest BCUT2D eigenvalue weighted by molar-refractivity contribution is 5.68. The monoisotopic (exact) mass is 312 g/mol. The number of hydrogen-bond donors (Lipinski definition) is 1. The molecule has 1 amide bonds. The summed E-state index contributed by atoms with van der Waals surface area (Å²) in [4.78, 5) is 22.2. The second-order valence-corrected chi connectivity index (χ2v) is 5.52. The lowest BCUT2D eigenvalue weighted by atomic mass is 10.1. The van der Waals surface area contributed by atoms with Crippen molar-refractivity contribution < 1.29 is 14.5 Å².